The van der Waals surface area contributed by atoms with Crippen molar-refractivity contribution >= 4 is 10.9 Å². The number of rotatable bonds is 1. The molecule has 0 atom stereocenters. The molecule has 0 aliphatic rings. The lowest BCUT2D eigenvalue weighted by Gasteiger charge is -1.98. The molecule has 0 aliphatic heterocycles. The van der Waals surface area contributed by atoms with Crippen molar-refractivity contribution in [2.75, 3.05) is 0 Å². The SMILES string of the molecule is CCc1ccc2cc[c]nc2c1. The van der Waals surface area contributed by atoms with Gasteiger partial charge in [-0.1, -0.05) is 25.1 Å². The summed E-state index contributed by atoms with van der Waals surface area (Å²) in [4.78, 5) is 4.16. The second-order valence-corrected chi connectivity index (χ2v) is 2.82. The molecule has 2 aromatic rings. The van der Waals surface area contributed by atoms with Crippen LogP contribution in [0.4, 0.5) is 0 Å². The topological polar surface area (TPSA) is 12.9 Å². The third-order valence-electron chi connectivity index (χ3n) is 2.03. The number of hydrogen-bond donors (Lipinski definition) is 0. The fraction of sp³-hybridized carbons (Fsp3) is 0.182. The second-order valence-electron chi connectivity index (χ2n) is 2.82. The maximum Gasteiger partial charge on any atom is 0.0894 e. The van der Waals surface area contributed by atoms with Crippen LogP contribution in [0, 0.1) is 6.20 Å². The molecule has 0 bridgehead atoms. The number of aromatic nitrogens is 1. The highest BCUT2D eigenvalue weighted by atomic mass is 14.6. The minimum atomic E-state index is 1.04. The highest BCUT2D eigenvalue weighted by Crippen LogP contribution is 2.12. The van der Waals surface area contributed by atoms with Gasteiger partial charge in [0.2, 0.25) is 0 Å². The summed E-state index contributed by atoms with van der Waals surface area (Å²) in [7, 11) is 0. The van der Waals surface area contributed by atoms with E-state index in [1.54, 1.807) is 0 Å². The zero-order valence-corrected chi connectivity index (χ0v) is 7.04. The third-order valence-corrected chi connectivity index (χ3v) is 2.03. The van der Waals surface area contributed by atoms with Crippen molar-refractivity contribution in [3.8, 4) is 0 Å². The molecule has 1 heterocycles. The van der Waals surface area contributed by atoms with E-state index in [0.29, 0.717) is 0 Å². The fourth-order valence-electron chi connectivity index (χ4n) is 1.28. The van der Waals surface area contributed by atoms with Crippen molar-refractivity contribution in [3.63, 3.8) is 0 Å². The molecule has 0 saturated carbocycles. The first-order valence-electron chi connectivity index (χ1n) is 4.16. The Hall–Kier alpha value is -1.37. The fourth-order valence-corrected chi connectivity index (χ4v) is 1.28. The maximum absolute atomic E-state index is 4.16. The predicted molar refractivity (Wildman–Crippen MR) is 50.0 cm³/mol. The molecule has 1 aromatic heterocycles. The smallest absolute Gasteiger partial charge is 0.0894 e. The van der Waals surface area contributed by atoms with Crippen LogP contribution >= 0.6 is 0 Å². The van der Waals surface area contributed by atoms with Crippen molar-refractivity contribution in [1.29, 1.82) is 0 Å². The van der Waals surface area contributed by atoms with Crippen LogP contribution in [-0.2, 0) is 6.42 Å². The minimum Gasteiger partial charge on any atom is -0.246 e. The van der Waals surface area contributed by atoms with Crippen molar-refractivity contribution < 1.29 is 0 Å². The van der Waals surface area contributed by atoms with Crippen LogP contribution in [0.2, 0.25) is 0 Å². The Morgan fingerprint density at radius 2 is 2.25 bits per heavy atom. The molecule has 1 nitrogen and oxygen atoms in total. The Kier molecular flexibility index (Phi) is 1.78. The van der Waals surface area contributed by atoms with Crippen LogP contribution in [0.15, 0.2) is 30.3 Å². The molecule has 1 aromatic carbocycles. The Morgan fingerprint density at radius 3 is 3.08 bits per heavy atom. The molecule has 12 heavy (non-hydrogen) atoms. The van der Waals surface area contributed by atoms with E-state index in [4.69, 9.17) is 0 Å². The van der Waals surface area contributed by atoms with E-state index in [1.165, 1.54) is 10.9 Å². The standard InChI is InChI=1S/C11H10N/c1-2-9-5-6-10-4-3-7-12-11(10)8-9/h3-6,8H,2H2,1H3. The molecule has 0 saturated heterocycles. The zero-order valence-electron chi connectivity index (χ0n) is 7.04. The molecule has 59 valence electrons. The number of benzene rings is 1. The van der Waals surface area contributed by atoms with Crippen LogP contribution in [0.25, 0.3) is 10.9 Å². The van der Waals surface area contributed by atoms with E-state index in [1.807, 2.05) is 12.1 Å². The van der Waals surface area contributed by atoms with Crippen molar-refractivity contribution in [3.05, 3.63) is 42.1 Å². The Labute approximate surface area is 72.1 Å². The Bertz CT molecular complexity index is 393. The van der Waals surface area contributed by atoms with E-state index >= 15 is 0 Å². The van der Waals surface area contributed by atoms with Crippen molar-refractivity contribution in [2.24, 2.45) is 0 Å². The highest BCUT2D eigenvalue weighted by molar-refractivity contribution is 5.78. The maximum atomic E-state index is 4.16. The average molecular weight is 156 g/mol. The van der Waals surface area contributed by atoms with E-state index in [0.717, 1.165) is 11.9 Å². The lowest BCUT2D eigenvalue weighted by atomic mass is 10.1. The first kappa shape index (κ1) is 7.29. The molecule has 1 heteroatoms. The average Bonchev–Trinajstić information content (AvgIpc) is 2.17. The van der Waals surface area contributed by atoms with Gasteiger partial charge in [0.1, 0.15) is 0 Å². The largest absolute Gasteiger partial charge is 0.246 e. The molecular formula is C11H10N. The summed E-state index contributed by atoms with van der Waals surface area (Å²) < 4.78 is 0. The van der Waals surface area contributed by atoms with Gasteiger partial charge < -0.3 is 0 Å². The van der Waals surface area contributed by atoms with Gasteiger partial charge in [-0.3, -0.25) is 0 Å². The first-order chi connectivity index (χ1) is 5.90. The van der Waals surface area contributed by atoms with Gasteiger partial charge in [0, 0.05) is 5.39 Å². The summed E-state index contributed by atoms with van der Waals surface area (Å²) >= 11 is 0. The van der Waals surface area contributed by atoms with Crippen molar-refractivity contribution in [2.45, 2.75) is 13.3 Å². The van der Waals surface area contributed by atoms with Crippen LogP contribution in [0.1, 0.15) is 12.5 Å². The van der Waals surface area contributed by atoms with Crippen LogP contribution < -0.4 is 0 Å². The predicted octanol–water partition coefficient (Wildman–Crippen LogP) is 2.60. The number of nitrogens with zero attached hydrogens (tertiary/aromatic N) is 1. The molecular weight excluding hydrogens is 146 g/mol. The van der Waals surface area contributed by atoms with Gasteiger partial charge in [-0.05, 0) is 24.1 Å². The van der Waals surface area contributed by atoms with Gasteiger partial charge in [0.15, 0.2) is 0 Å². The van der Waals surface area contributed by atoms with Gasteiger partial charge >= 0.3 is 0 Å². The normalized spacial score (nSPS) is 10.4. The number of pyridine rings is 1. The number of hydrogen-bond acceptors (Lipinski definition) is 1. The summed E-state index contributed by atoms with van der Waals surface area (Å²) in [5.41, 5.74) is 2.37. The van der Waals surface area contributed by atoms with Crippen LogP contribution in [0.3, 0.4) is 0 Å². The third kappa shape index (κ3) is 1.18. The lowest BCUT2D eigenvalue weighted by molar-refractivity contribution is 1.14. The summed E-state index contributed by atoms with van der Waals surface area (Å²) in [5.74, 6) is 0. The molecule has 0 unspecified atom stereocenters. The minimum absolute atomic E-state index is 1.04. The van der Waals surface area contributed by atoms with E-state index in [9.17, 15) is 0 Å². The highest BCUT2D eigenvalue weighted by Gasteiger charge is 1.93. The number of fused-ring (bicyclic) bond motifs is 1. The Morgan fingerprint density at radius 1 is 1.33 bits per heavy atom. The van der Waals surface area contributed by atoms with Gasteiger partial charge in [-0.15, -0.1) is 0 Å². The summed E-state index contributed by atoms with van der Waals surface area (Å²) in [6.07, 6.45) is 3.90. The molecule has 0 aliphatic carbocycles. The lowest BCUT2D eigenvalue weighted by Crippen LogP contribution is -1.82. The van der Waals surface area contributed by atoms with E-state index in [2.05, 4.69) is 36.3 Å². The quantitative estimate of drug-likeness (QED) is 0.618. The van der Waals surface area contributed by atoms with Gasteiger partial charge in [0.05, 0.1) is 11.7 Å². The first-order valence-corrected chi connectivity index (χ1v) is 4.16. The molecule has 0 spiro atoms. The zero-order chi connectivity index (χ0) is 8.39. The molecule has 0 N–H and O–H groups in total. The molecule has 0 amide bonds. The monoisotopic (exact) mass is 156 g/mol. The summed E-state index contributed by atoms with van der Waals surface area (Å²) in [5, 5.41) is 1.19. The molecule has 2 rings (SSSR count). The second kappa shape index (κ2) is 2.94. The van der Waals surface area contributed by atoms with E-state index < -0.39 is 0 Å². The van der Waals surface area contributed by atoms with Crippen LogP contribution in [-0.4, -0.2) is 4.98 Å². The molecule has 0 fully saturated rings. The van der Waals surface area contributed by atoms with Gasteiger partial charge in [0.25, 0.3) is 0 Å². The van der Waals surface area contributed by atoms with Gasteiger partial charge in [-0.2, -0.15) is 0 Å². The number of aryl methyl sites for hydroxylation is 1. The summed E-state index contributed by atoms with van der Waals surface area (Å²) in [6, 6.07) is 10.2. The van der Waals surface area contributed by atoms with E-state index in [-0.39, 0.29) is 0 Å². The molecule has 1 radical (unpaired) electrons. The van der Waals surface area contributed by atoms with Crippen molar-refractivity contribution in [1.82, 2.24) is 4.98 Å². The van der Waals surface area contributed by atoms with Gasteiger partial charge in [-0.25, -0.2) is 4.98 Å². The van der Waals surface area contributed by atoms with Crippen LogP contribution in [0.5, 0.6) is 0 Å². The summed E-state index contributed by atoms with van der Waals surface area (Å²) in [6.45, 7) is 2.15. The Balaban J connectivity index is 2.67.